The van der Waals surface area contributed by atoms with E-state index in [-0.39, 0.29) is 12.1 Å². The first-order valence-corrected chi connectivity index (χ1v) is 6.73. The third kappa shape index (κ3) is 2.61. The van der Waals surface area contributed by atoms with Crippen molar-refractivity contribution in [3.63, 3.8) is 0 Å². The maximum atomic E-state index is 9.81. The van der Waals surface area contributed by atoms with Gasteiger partial charge in [-0.2, -0.15) is 0 Å². The van der Waals surface area contributed by atoms with Gasteiger partial charge in [-0.1, -0.05) is 25.8 Å². The summed E-state index contributed by atoms with van der Waals surface area (Å²) in [5, 5.41) is 13.3. The van der Waals surface area contributed by atoms with Crippen LogP contribution in [-0.4, -0.2) is 24.4 Å². The Balaban J connectivity index is 2.18. The Hall–Kier alpha value is -1.22. The Morgan fingerprint density at radius 2 is 2.28 bits per heavy atom. The fraction of sp³-hybridized carbons (Fsp3) is 0.600. The van der Waals surface area contributed by atoms with Crippen molar-refractivity contribution in [1.82, 2.24) is 0 Å². The molecular weight excluding hydrogens is 226 g/mol. The van der Waals surface area contributed by atoms with Crippen molar-refractivity contribution in [1.29, 1.82) is 0 Å². The summed E-state index contributed by atoms with van der Waals surface area (Å²) in [6.45, 7) is 2.41. The van der Waals surface area contributed by atoms with E-state index in [0.717, 1.165) is 17.9 Å². The number of hydrogen-bond donors (Lipinski definition) is 2. The topological polar surface area (TPSA) is 41.5 Å². The van der Waals surface area contributed by atoms with E-state index in [0.29, 0.717) is 5.92 Å². The fourth-order valence-corrected chi connectivity index (χ4v) is 2.86. The lowest BCUT2D eigenvalue weighted by atomic mass is 9.74. The standard InChI is InChI=1S/C15H23NO2/c1-12-6-3-4-9-15(12,11-17)16-13-7-5-8-14(10-13)18-2/h5,7-8,10,12,16-17H,3-4,6,9,11H2,1-2H3. The molecule has 0 radical (unpaired) electrons. The highest BCUT2D eigenvalue weighted by Crippen LogP contribution is 2.36. The number of benzene rings is 1. The molecule has 1 fully saturated rings. The summed E-state index contributed by atoms with van der Waals surface area (Å²) in [7, 11) is 1.67. The third-order valence-electron chi connectivity index (χ3n) is 4.20. The number of hydrogen-bond acceptors (Lipinski definition) is 3. The van der Waals surface area contributed by atoms with Crippen molar-refractivity contribution in [3.8, 4) is 5.75 Å². The third-order valence-corrected chi connectivity index (χ3v) is 4.20. The van der Waals surface area contributed by atoms with Crippen LogP contribution in [0.3, 0.4) is 0 Å². The second kappa shape index (κ2) is 5.61. The van der Waals surface area contributed by atoms with E-state index in [4.69, 9.17) is 4.74 Å². The monoisotopic (exact) mass is 249 g/mol. The van der Waals surface area contributed by atoms with Crippen LogP contribution in [0.15, 0.2) is 24.3 Å². The van der Waals surface area contributed by atoms with Gasteiger partial charge in [0.1, 0.15) is 5.75 Å². The molecule has 100 valence electrons. The Morgan fingerprint density at radius 3 is 2.94 bits per heavy atom. The largest absolute Gasteiger partial charge is 0.497 e. The second-order valence-electron chi connectivity index (χ2n) is 5.32. The van der Waals surface area contributed by atoms with E-state index in [2.05, 4.69) is 12.2 Å². The molecule has 0 aliphatic heterocycles. The summed E-state index contributed by atoms with van der Waals surface area (Å²) in [4.78, 5) is 0. The zero-order valence-electron chi connectivity index (χ0n) is 11.3. The van der Waals surface area contributed by atoms with Crippen LogP contribution in [-0.2, 0) is 0 Å². The van der Waals surface area contributed by atoms with Crippen molar-refractivity contribution in [2.75, 3.05) is 19.0 Å². The molecule has 2 rings (SSSR count). The molecule has 2 N–H and O–H groups in total. The van der Waals surface area contributed by atoms with Crippen molar-refractivity contribution >= 4 is 5.69 Å². The maximum absolute atomic E-state index is 9.81. The van der Waals surface area contributed by atoms with Crippen LogP contribution in [0.4, 0.5) is 5.69 Å². The summed E-state index contributed by atoms with van der Waals surface area (Å²) < 4.78 is 5.23. The van der Waals surface area contributed by atoms with E-state index in [1.807, 2.05) is 24.3 Å². The first-order chi connectivity index (χ1) is 8.70. The number of aliphatic hydroxyl groups is 1. The molecule has 3 heteroatoms. The first-order valence-electron chi connectivity index (χ1n) is 6.73. The van der Waals surface area contributed by atoms with Gasteiger partial charge in [0, 0.05) is 11.8 Å². The molecule has 18 heavy (non-hydrogen) atoms. The van der Waals surface area contributed by atoms with Gasteiger partial charge in [-0.05, 0) is 30.9 Å². The lowest BCUT2D eigenvalue weighted by Gasteiger charge is -2.43. The van der Waals surface area contributed by atoms with Gasteiger partial charge in [0.25, 0.3) is 0 Å². The highest BCUT2D eigenvalue weighted by Gasteiger charge is 2.37. The van der Waals surface area contributed by atoms with Crippen molar-refractivity contribution in [2.24, 2.45) is 5.92 Å². The van der Waals surface area contributed by atoms with Crippen LogP contribution in [0.25, 0.3) is 0 Å². The van der Waals surface area contributed by atoms with Crippen LogP contribution < -0.4 is 10.1 Å². The predicted molar refractivity (Wildman–Crippen MR) is 74.1 cm³/mol. The van der Waals surface area contributed by atoms with Gasteiger partial charge in [-0.15, -0.1) is 0 Å². The van der Waals surface area contributed by atoms with Gasteiger partial charge >= 0.3 is 0 Å². The summed E-state index contributed by atoms with van der Waals surface area (Å²) in [5.74, 6) is 1.33. The van der Waals surface area contributed by atoms with Gasteiger partial charge < -0.3 is 15.2 Å². The molecule has 2 atom stereocenters. The molecule has 1 aliphatic rings. The maximum Gasteiger partial charge on any atom is 0.120 e. The molecule has 0 heterocycles. The van der Waals surface area contributed by atoms with Crippen LogP contribution in [0.2, 0.25) is 0 Å². The molecule has 1 aromatic carbocycles. The summed E-state index contributed by atoms with van der Waals surface area (Å²) in [6.07, 6.45) is 4.66. The lowest BCUT2D eigenvalue weighted by molar-refractivity contribution is 0.126. The molecule has 1 aliphatic carbocycles. The van der Waals surface area contributed by atoms with Crippen molar-refractivity contribution in [2.45, 2.75) is 38.1 Å². The smallest absolute Gasteiger partial charge is 0.120 e. The van der Waals surface area contributed by atoms with Crippen molar-refractivity contribution in [3.05, 3.63) is 24.3 Å². The summed E-state index contributed by atoms with van der Waals surface area (Å²) in [5.41, 5.74) is 0.849. The number of nitrogens with one attached hydrogen (secondary N) is 1. The lowest BCUT2D eigenvalue weighted by Crippen LogP contribution is -2.49. The van der Waals surface area contributed by atoms with E-state index in [1.165, 1.54) is 19.3 Å². The molecule has 1 saturated carbocycles. The molecular formula is C15H23NO2. The molecule has 3 nitrogen and oxygen atoms in total. The molecule has 0 aromatic heterocycles. The normalized spacial score (nSPS) is 27.8. The molecule has 0 spiro atoms. The second-order valence-corrected chi connectivity index (χ2v) is 5.32. The first kappa shape index (κ1) is 13.2. The predicted octanol–water partition coefficient (Wildman–Crippen LogP) is 3.05. The molecule has 0 saturated heterocycles. The highest BCUT2D eigenvalue weighted by atomic mass is 16.5. The number of methoxy groups -OCH3 is 1. The van der Waals surface area contributed by atoms with Crippen molar-refractivity contribution < 1.29 is 9.84 Å². The number of ether oxygens (including phenoxy) is 1. The molecule has 1 aromatic rings. The van der Waals surface area contributed by atoms with Crippen LogP contribution in [0.5, 0.6) is 5.75 Å². The summed E-state index contributed by atoms with van der Waals surface area (Å²) >= 11 is 0. The van der Waals surface area contributed by atoms with Crippen LogP contribution >= 0.6 is 0 Å². The van der Waals surface area contributed by atoms with Crippen LogP contribution in [0.1, 0.15) is 32.6 Å². The van der Waals surface area contributed by atoms with Gasteiger partial charge in [-0.25, -0.2) is 0 Å². The van der Waals surface area contributed by atoms with E-state index in [9.17, 15) is 5.11 Å². The minimum Gasteiger partial charge on any atom is -0.497 e. The molecule has 0 amide bonds. The van der Waals surface area contributed by atoms with Gasteiger partial charge in [0.05, 0.1) is 19.3 Å². The van der Waals surface area contributed by atoms with Crippen LogP contribution in [0, 0.1) is 5.92 Å². The summed E-state index contributed by atoms with van der Waals surface area (Å²) in [6, 6.07) is 7.92. The SMILES string of the molecule is COc1cccc(NC2(CO)CCCCC2C)c1. The minimum atomic E-state index is -0.176. The Kier molecular flexibility index (Phi) is 4.12. The van der Waals surface area contributed by atoms with E-state index >= 15 is 0 Å². The van der Waals surface area contributed by atoms with E-state index in [1.54, 1.807) is 7.11 Å². The minimum absolute atomic E-state index is 0.176. The average molecular weight is 249 g/mol. The molecule has 2 unspecified atom stereocenters. The van der Waals surface area contributed by atoms with Gasteiger partial charge in [0.2, 0.25) is 0 Å². The fourth-order valence-electron chi connectivity index (χ4n) is 2.86. The Morgan fingerprint density at radius 1 is 1.44 bits per heavy atom. The van der Waals surface area contributed by atoms with Gasteiger partial charge in [-0.3, -0.25) is 0 Å². The van der Waals surface area contributed by atoms with E-state index < -0.39 is 0 Å². The average Bonchev–Trinajstić information content (AvgIpc) is 2.42. The van der Waals surface area contributed by atoms with Gasteiger partial charge in [0.15, 0.2) is 0 Å². The Bertz CT molecular complexity index is 394. The zero-order chi connectivity index (χ0) is 13.0. The number of anilines is 1. The molecule has 0 bridgehead atoms. The highest BCUT2D eigenvalue weighted by molar-refractivity contribution is 5.50. The number of rotatable bonds is 4. The quantitative estimate of drug-likeness (QED) is 0.861. The Labute approximate surface area is 109 Å². The zero-order valence-corrected chi connectivity index (χ0v) is 11.3. The number of aliphatic hydroxyl groups excluding tert-OH is 1.